The number of aliphatic imine (C=N–C) groups is 1. The number of carbonyl (C=O) groups excluding carboxylic acids is 1. The molecule has 20 heavy (non-hydrogen) atoms. The standard InChI is InChI=1S/C14H30N4O2/c1-5-20-11-7-6-8-17-14(15-4)18-10-9-16-13(19)12(2)3/h12H,5-11H2,1-4H3,(H,16,19)(H2,15,17,18). The highest BCUT2D eigenvalue weighted by atomic mass is 16.5. The zero-order valence-electron chi connectivity index (χ0n) is 13.3. The van der Waals surface area contributed by atoms with Crippen molar-refractivity contribution in [1.29, 1.82) is 0 Å². The van der Waals surface area contributed by atoms with Gasteiger partial charge in [-0.15, -0.1) is 0 Å². The van der Waals surface area contributed by atoms with Crippen LogP contribution in [0.1, 0.15) is 33.6 Å². The van der Waals surface area contributed by atoms with Crippen LogP contribution in [-0.2, 0) is 9.53 Å². The molecule has 0 saturated carbocycles. The molecule has 0 aliphatic heterocycles. The lowest BCUT2D eigenvalue weighted by molar-refractivity contribution is -0.123. The third-order valence-electron chi connectivity index (χ3n) is 2.68. The van der Waals surface area contributed by atoms with Crippen molar-refractivity contribution in [3.05, 3.63) is 0 Å². The monoisotopic (exact) mass is 286 g/mol. The average Bonchev–Trinajstić information content (AvgIpc) is 2.44. The van der Waals surface area contributed by atoms with Crippen LogP contribution >= 0.6 is 0 Å². The van der Waals surface area contributed by atoms with Crippen molar-refractivity contribution < 1.29 is 9.53 Å². The number of nitrogens with one attached hydrogen (secondary N) is 3. The Morgan fingerprint density at radius 1 is 1.10 bits per heavy atom. The molecule has 118 valence electrons. The Bertz CT molecular complexity index is 280. The molecule has 0 unspecified atom stereocenters. The summed E-state index contributed by atoms with van der Waals surface area (Å²) >= 11 is 0. The zero-order valence-corrected chi connectivity index (χ0v) is 13.3. The molecule has 0 bridgehead atoms. The number of amides is 1. The van der Waals surface area contributed by atoms with Crippen molar-refractivity contribution >= 4 is 11.9 Å². The van der Waals surface area contributed by atoms with E-state index in [1.165, 1.54) is 0 Å². The molecule has 6 heteroatoms. The van der Waals surface area contributed by atoms with Gasteiger partial charge in [-0.2, -0.15) is 0 Å². The maximum absolute atomic E-state index is 11.4. The third-order valence-corrected chi connectivity index (χ3v) is 2.68. The first-order chi connectivity index (χ1) is 9.61. The number of nitrogens with zero attached hydrogens (tertiary/aromatic N) is 1. The van der Waals surface area contributed by atoms with E-state index in [1.807, 2.05) is 20.8 Å². The Balaban J connectivity index is 3.55. The first kappa shape index (κ1) is 18.7. The second kappa shape index (κ2) is 12.7. The molecule has 0 fully saturated rings. The van der Waals surface area contributed by atoms with E-state index in [0.29, 0.717) is 13.1 Å². The highest BCUT2D eigenvalue weighted by molar-refractivity contribution is 5.80. The Morgan fingerprint density at radius 2 is 1.75 bits per heavy atom. The first-order valence-corrected chi connectivity index (χ1v) is 7.41. The number of unbranched alkanes of at least 4 members (excludes halogenated alkanes) is 1. The number of guanidine groups is 1. The van der Waals surface area contributed by atoms with Gasteiger partial charge in [0.25, 0.3) is 0 Å². The van der Waals surface area contributed by atoms with E-state index in [0.717, 1.165) is 38.6 Å². The summed E-state index contributed by atoms with van der Waals surface area (Å²) in [6, 6.07) is 0. The van der Waals surface area contributed by atoms with Crippen LogP contribution in [-0.4, -0.2) is 51.8 Å². The van der Waals surface area contributed by atoms with Crippen molar-refractivity contribution in [3.8, 4) is 0 Å². The van der Waals surface area contributed by atoms with Gasteiger partial charge < -0.3 is 20.7 Å². The quantitative estimate of drug-likeness (QED) is 0.315. The summed E-state index contributed by atoms with van der Waals surface area (Å²) in [5, 5.41) is 9.24. The molecular weight excluding hydrogens is 256 g/mol. The number of ether oxygens (including phenoxy) is 1. The van der Waals surface area contributed by atoms with Crippen LogP contribution in [0.5, 0.6) is 0 Å². The molecule has 0 radical (unpaired) electrons. The molecule has 0 aromatic heterocycles. The van der Waals surface area contributed by atoms with Gasteiger partial charge in [0.1, 0.15) is 0 Å². The summed E-state index contributed by atoms with van der Waals surface area (Å²) in [6.07, 6.45) is 2.09. The molecule has 0 heterocycles. The van der Waals surface area contributed by atoms with Gasteiger partial charge in [-0.05, 0) is 19.8 Å². The van der Waals surface area contributed by atoms with Crippen LogP contribution in [0.3, 0.4) is 0 Å². The van der Waals surface area contributed by atoms with E-state index in [-0.39, 0.29) is 11.8 Å². The van der Waals surface area contributed by atoms with E-state index in [4.69, 9.17) is 4.74 Å². The van der Waals surface area contributed by atoms with Crippen LogP contribution in [0.15, 0.2) is 4.99 Å². The van der Waals surface area contributed by atoms with Crippen LogP contribution in [0, 0.1) is 5.92 Å². The van der Waals surface area contributed by atoms with Gasteiger partial charge in [0.2, 0.25) is 5.91 Å². The van der Waals surface area contributed by atoms with Crippen molar-refractivity contribution in [2.24, 2.45) is 10.9 Å². The summed E-state index contributed by atoms with van der Waals surface area (Å²) < 4.78 is 5.27. The van der Waals surface area contributed by atoms with Gasteiger partial charge in [-0.1, -0.05) is 13.8 Å². The van der Waals surface area contributed by atoms with Crippen molar-refractivity contribution in [1.82, 2.24) is 16.0 Å². The van der Waals surface area contributed by atoms with E-state index >= 15 is 0 Å². The topological polar surface area (TPSA) is 74.8 Å². The SMILES string of the molecule is CCOCCCCNC(=NC)NCCNC(=O)C(C)C. The number of hydrogen-bond acceptors (Lipinski definition) is 3. The van der Waals surface area contributed by atoms with Gasteiger partial charge in [0.15, 0.2) is 5.96 Å². The highest BCUT2D eigenvalue weighted by Crippen LogP contribution is 1.89. The Hall–Kier alpha value is -1.30. The summed E-state index contributed by atoms with van der Waals surface area (Å²) in [4.78, 5) is 15.5. The zero-order chi connectivity index (χ0) is 15.2. The van der Waals surface area contributed by atoms with Crippen LogP contribution in [0.4, 0.5) is 0 Å². The van der Waals surface area contributed by atoms with Gasteiger partial charge >= 0.3 is 0 Å². The van der Waals surface area contributed by atoms with Gasteiger partial charge in [0.05, 0.1) is 0 Å². The molecule has 0 atom stereocenters. The maximum Gasteiger partial charge on any atom is 0.222 e. The van der Waals surface area contributed by atoms with E-state index in [2.05, 4.69) is 20.9 Å². The largest absolute Gasteiger partial charge is 0.382 e. The molecule has 6 nitrogen and oxygen atoms in total. The summed E-state index contributed by atoms with van der Waals surface area (Å²) in [6.45, 7) is 9.48. The van der Waals surface area contributed by atoms with Crippen molar-refractivity contribution in [2.75, 3.05) is 39.9 Å². The molecule has 0 rings (SSSR count). The predicted molar refractivity (Wildman–Crippen MR) is 82.9 cm³/mol. The number of rotatable bonds is 10. The first-order valence-electron chi connectivity index (χ1n) is 7.41. The Labute approximate surface area is 122 Å². The summed E-state index contributed by atoms with van der Waals surface area (Å²) in [5.74, 6) is 0.864. The molecular formula is C14H30N4O2. The molecule has 0 aliphatic rings. The predicted octanol–water partition coefficient (Wildman–Crippen LogP) is 0.740. The molecule has 0 aromatic rings. The lowest BCUT2D eigenvalue weighted by atomic mass is 10.2. The normalized spacial score (nSPS) is 11.6. The van der Waals surface area contributed by atoms with Crippen LogP contribution in [0.25, 0.3) is 0 Å². The number of hydrogen-bond donors (Lipinski definition) is 3. The Kier molecular flexibility index (Phi) is 11.9. The third kappa shape index (κ3) is 10.6. The smallest absolute Gasteiger partial charge is 0.222 e. The Morgan fingerprint density at radius 3 is 2.35 bits per heavy atom. The van der Waals surface area contributed by atoms with Crippen molar-refractivity contribution in [2.45, 2.75) is 33.6 Å². The minimum Gasteiger partial charge on any atom is -0.382 e. The van der Waals surface area contributed by atoms with Gasteiger partial charge in [-0.25, -0.2) is 0 Å². The lowest BCUT2D eigenvalue weighted by Crippen LogP contribution is -2.42. The molecule has 0 saturated heterocycles. The summed E-state index contributed by atoms with van der Waals surface area (Å²) in [7, 11) is 1.74. The minimum atomic E-state index is 0.0257. The van der Waals surface area contributed by atoms with E-state index < -0.39 is 0 Å². The van der Waals surface area contributed by atoms with Crippen LogP contribution in [0.2, 0.25) is 0 Å². The second-order valence-corrected chi connectivity index (χ2v) is 4.78. The fraction of sp³-hybridized carbons (Fsp3) is 0.857. The summed E-state index contributed by atoms with van der Waals surface area (Å²) in [5.41, 5.74) is 0. The lowest BCUT2D eigenvalue weighted by Gasteiger charge is -2.13. The van der Waals surface area contributed by atoms with Gasteiger partial charge in [-0.3, -0.25) is 9.79 Å². The second-order valence-electron chi connectivity index (χ2n) is 4.78. The number of carbonyl (C=O) groups is 1. The van der Waals surface area contributed by atoms with Crippen molar-refractivity contribution in [3.63, 3.8) is 0 Å². The van der Waals surface area contributed by atoms with Gasteiger partial charge in [0, 0.05) is 45.8 Å². The molecule has 0 aliphatic carbocycles. The average molecular weight is 286 g/mol. The fourth-order valence-corrected chi connectivity index (χ4v) is 1.47. The minimum absolute atomic E-state index is 0.0257. The molecule has 3 N–H and O–H groups in total. The highest BCUT2D eigenvalue weighted by Gasteiger charge is 2.04. The molecule has 1 amide bonds. The van der Waals surface area contributed by atoms with E-state index in [1.54, 1.807) is 7.05 Å². The van der Waals surface area contributed by atoms with E-state index in [9.17, 15) is 4.79 Å². The molecule has 0 aromatic carbocycles. The molecule has 0 spiro atoms. The maximum atomic E-state index is 11.4. The van der Waals surface area contributed by atoms with Crippen LogP contribution < -0.4 is 16.0 Å². The fourth-order valence-electron chi connectivity index (χ4n) is 1.47.